The van der Waals surface area contributed by atoms with Crippen LogP contribution in [-0.2, 0) is 0 Å². The van der Waals surface area contributed by atoms with Crippen LogP contribution in [-0.4, -0.2) is 10.2 Å². The van der Waals surface area contributed by atoms with Crippen LogP contribution in [0, 0.1) is 23.7 Å². The van der Waals surface area contributed by atoms with Crippen molar-refractivity contribution in [3.63, 3.8) is 0 Å². The van der Waals surface area contributed by atoms with Crippen LogP contribution in [0.3, 0.4) is 0 Å². The van der Waals surface area contributed by atoms with Crippen molar-refractivity contribution < 1.29 is 10.2 Å². The molecule has 5 rings (SSSR count). The molecule has 0 heterocycles. The van der Waals surface area contributed by atoms with E-state index in [0.717, 1.165) is 23.7 Å². The average molecular weight is 332 g/mol. The molecular formula is C23H24O2. The van der Waals surface area contributed by atoms with E-state index in [0.29, 0.717) is 11.5 Å². The number of phenolic OH excluding ortho intramolecular Hbond substituents is 2. The van der Waals surface area contributed by atoms with E-state index in [1.54, 1.807) is 29.8 Å². The quantitative estimate of drug-likeness (QED) is 0.777. The van der Waals surface area contributed by atoms with Gasteiger partial charge in [0.15, 0.2) is 0 Å². The van der Waals surface area contributed by atoms with Crippen molar-refractivity contribution in [2.45, 2.75) is 32.1 Å². The topological polar surface area (TPSA) is 40.5 Å². The summed E-state index contributed by atoms with van der Waals surface area (Å²) >= 11 is 0. The average Bonchev–Trinajstić information content (AvgIpc) is 3.31. The number of fused-ring (bicyclic) bond motifs is 5. The molecule has 2 unspecified atom stereocenters. The summed E-state index contributed by atoms with van der Waals surface area (Å²) in [6, 6.07) is 15.2. The Morgan fingerprint density at radius 2 is 1.32 bits per heavy atom. The first kappa shape index (κ1) is 15.1. The van der Waals surface area contributed by atoms with Gasteiger partial charge in [0.25, 0.3) is 0 Å². The van der Waals surface area contributed by atoms with Gasteiger partial charge >= 0.3 is 0 Å². The first-order valence-electron chi connectivity index (χ1n) is 9.52. The lowest BCUT2D eigenvalue weighted by Gasteiger charge is -2.29. The van der Waals surface area contributed by atoms with Gasteiger partial charge in [-0.25, -0.2) is 0 Å². The normalized spacial score (nSPS) is 29.8. The van der Waals surface area contributed by atoms with E-state index < -0.39 is 0 Å². The monoisotopic (exact) mass is 332 g/mol. The first-order valence-corrected chi connectivity index (χ1v) is 9.52. The second kappa shape index (κ2) is 5.66. The molecule has 2 heteroatoms. The number of benzene rings is 2. The predicted molar refractivity (Wildman–Crippen MR) is 99.3 cm³/mol. The van der Waals surface area contributed by atoms with Gasteiger partial charge in [-0.15, -0.1) is 0 Å². The Labute approximate surface area is 148 Å². The molecule has 25 heavy (non-hydrogen) atoms. The Morgan fingerprint density at radius 1 is 0.760 bits per heavy atom. The minimum absolute atomic E-state index is 0.308. The Kier molecular flexibility index (Phi) is 3.41. The molecule has 0 aliphatic heterocycles. The number of hydrogen-bond acceptors (Lipinski definition) is 2. The largest absolute Gasteiger partial charge is 0.508 e. The molecule has 2 aromatic rings. The molecule has 3 aliphatic rings. The summed E-state index contributed by atoms with van der Waals surface area (Å²) in [4.78, 5) is 0. The molecular weight excluding hydrogens is 308 g/mol. The second-order valence-electron chi connectivity index (χ2n) is 8.06. The maximum absolute atomic E-state index is 9.69. The lowest BCUT2D eigenvalue weighted by Crippen LogP contribution is -2.19. The zero-order chi connectivity index (χ0) is 17.0. The molecule has 2 aromatic carbocycles. The third-order valence-electron chi connectivity index (χ3n) is 6.87. The van der Waals surface area contributed by atoms with E-state index in [9.17, 15) is 10.2 Å². The summed E-state index contributed by atoms with van der Waals surface area (Å²) in [7, 11) is 0. The fraction of sp³-hybridized carbons (Fsp3) is 0.391. The Bertz CT molecular complexity index is 769. The maximum atomic E-state index is 9.69. The van der Waals surface area contributed by atoms with Crippen molar-refractivity contribution in [3.05, 3.63) is 65.2 Å². The van der Waals surface area contributed by atoms with E-state index >= 15 is 0 Å². The summed E-state index contributed by atoms with van der Waals surface area (Å²) in [6.45, 7) is 0. The zero-order valence-corrected chi connectivity index (χ0v) is 14.4. The molecule has 128 valence electrons. The summed E-state index contributed by atoms with van der Waals surface area (Å²) < 4.78 is 0. The van der Waals surface area contributed by atoms with Crippen molar-refractivity contribution >= 4 is 5.57 Å². The van der Waals surface area contributed by atoms with Gasteiger partial charge in [-0.3, -0.25) is 0 Å². The molecule has 4 atom stereocenters. The van der Waals surface area contributed by atoms with Gasteiger partial charge in [0.2, 0.25) is 0 Å². The van der Waals surface area contributed by atoms with Crippen LogP contribution < -0.4 is 0 Å². The second-order valence-corrected chi connectivity index (χ2v) is 8.06. The van der Waals surface area contributed by atoms with Crippen LogP contribution in [0.5, 0.6) is 11.5 Å². The highest BCUT2D eigenvalue weighted by molar-refractivity contribution is 5.83. The van der Waals surface area contributed by atoms with E-state index in [1.165, 1.54) is 48.8 Å². The molecule has 0 spiro atoms. The third-order valence-corrected chi connectivity index (χ3v) is 6.87. The van der Waals surface area contributed by atoms with E-state index in [-0.39, 0.29) is 0 Å². The predicted octanol–water partition coefficient (Wildman–Crippen LogP) is 5.36. The smallest absolute Gasteiger partial charge is 0.115 e. The summed E-state index contributed by atoms with van der Waals surface area (Å²) in [6.07, 6.45) is 6.83. The van der Waals surface area contributed by atoms with Crippen molar-refractivity contribution in [3.8, 4) is 11.5 Å². The van der Waals surface area contributed by atoms with E-state index in [4.69, 9.17) is 0 Å². The molecule has 2 nitrogen and oxygen atoms in total. The van der Waals surface area contributed by atoms with Gasteiger partial charge in [0.1, 0.15) is 11.5 Å². The van der Waals surface area contributed by atoms with Gasteiger partial charge in [0.05, 0.1) is 0 Å². The maximum Gasteiger partial charge on any atom is 0.115 e. The van der Waals surface area contributed by atoms with Crippen molar-refractivity contribution in [2.24, 2.45) is 23.7 Å². The highest BCUT2D eigenvalue weighted by Gasteiger charge is 2.52. The summed E-state index contributed by atoms with van der Waals surface area (Å²) in [5, 5.41) is 19.4. The fourth-order valence-corrected chi connectivity index (χ4v) is 5.93. The first-order chi connectivity index (χ1) is 12.2. The standard InChI is InChI=1S/C23H24O2/c24-17-8-4-14(5-9-17)23(15-6-10-18(25)11-7-15)22-13-16-12-21(22)20-3-1-2-19(16)20/h4-11,16,19-21,24-25H,1-3,12-13H2/t16-,19?,20?,21-/m1/s1. The number of phenols is 2. The zero-order valence-electron chi connectivity index (χ0n) is 14.4. The van der Waals surface area contributed by atoms with Gasteiger partial charge in [0, 0.05) is 0 Å². The number of rotatable bonds is 2. The number of aromatic hydroxyl groups is 2. The summed E-state index contributed by atoms with van der Waals surface area (Å²) in [5.41, 5.74) is 5.31. The van der Waals surface area contributed by atoms with Crippen LogP contribution in [0.1, 0.15) is 43.2 Å². The lowest BCUT2D eigenvalue weighted by molar-refractivity contribution is 0.305. The van der Waals surface area contributed by atoms with Crippen molar-refractivity contribution in [2.75, 3.05) is 0 Å². The molecule has 2 N–H and O–H groups in total. The molecule has 3 saturated carbocycles. The van der Waals surface area contributed by atoms with E-state index in [2.05, 4.69) is 0 Å². The molecule has 3 aliphatic carbocycles. The SMILES string of the molecule is Oc1ccc(C(=C2C[C@H]3C[C@@H]2C2CCCC23)c2ccc(O)cc2)cc1. The van der Waals surface area contributed by atoms with Crippen molar-refractivity contribution in [1.82, 2.24) is 0 Å². The molecule has 0 saturated heterocycles. The number of allylic oxidation sites excluding steroid dienone is 1. The Morgan fingerprint density at radius 3 is 1.92 bits per heavy atom. The highest BCUT2D eigenvalue weighted by atomic mass is 16.3. The van der Waals surface area contributed by atoms with Crippen LogP contribution >= 0.6 is 0 Å². The summed E-state index contributed by atoms with van der Waals surface area (Å²) in [5.74, 6) is 4.07. The minimum atomic E-state index is 0.308. The molecule has 0 aromatic heterocycles. The van der Waals surface area contributed by atoms with Crippen molar-refractivity contribution in [1.29, 1.82) is 0 Å². The van der Waals surface area contributed by atoms with Gasteiger partial charge < -0.3 is 10.2 Å². The molecule has 0 amide bonds. The molecule has 0 radical (unpaired) electrons. The minimum Gasteiger partial charge on any atom is -0.508 e. The Hall–Kier alpha value is -2.22. The van der Waals surface area contributed by atoms with E-state index in [1.807, 2.05) is 24.3 Å². The van der Waals surface area contributed by atoms with Crippen LogP contribution in [0.25, 0.3) is 5.57 Å². The fourth-order valence-electron chi connectivity index (χ4n) is 5.93. The van der Waals surface area contributed by atoms with Gasteiger partial charge in [-0.1, -0.05) is 36.3 Å². The number of hydrogen-bond donors (Lipinski definition) is 2. The van der Waals surface area contributed by atoms with Gasteiger partial charge in [-0.05, 0) is 90.3 Å². The van der Waals surface area contributed by atoms with Crippen LogP contribution in [0.15, 0.2) is 54.1 Å². The van der Waals surface area contributed by atoms with Crippen LogP contribution in [0.2, 0.25) is 0 Å². The van der Waals surface area contributed by atoms with Gasteiger partial charge in [-0.2, -0.15) is 0 Å². The molecule has 3 fully saturated rings. The Balaban J connectivity index is 1.65. The van der Waals surface area contributed by atoms with Crippen LogP contribution in [0.4, 0.5) is 0 Å². The third kappa shape index (κ3) is 2.38. The highest BCUT2D eigenvalue weighted by Crippen LogP contribution is 2.62. The molecule has 2 bridgehead atoms. The lowest BCUT2D eigenvalue weighted by atomic mass is 9.75.